The van der Waals surface area contributed by atoms with Crippen molar-refractivity contribution in [1.82, 2.24) is 9.38 Å². The molecule has 0 unspecified atom stereocenters. The second-order valence-electron chi connectivity index (χ2n) is 2.96. The number of amidine groups is 1. The minimum atomic E-state index is -0.0941. The van der Waals surface area contributed by atoms with E-state index in [1.165, 1.54) is 11.8 Å². The number of nitrogens with two attached hydrogens (primary N) is 2. The lowest BCUT2D eigenvalue weighted by molar-refractivity contribution is 1.22. The summed E-state index contributed by atoms with van der Waals surface area (Å²) >= 11 is 2.82. The second-order valence-corrected chi connectivity index (χ2v) is 4.79. The zero-order valence-corrected chi connectivity index (χ0v) is 9.88. The standard InChI is InChI=1S/C8H10N6S2/c9-6(10)13-7(11)16-4-5-3-14-1-2-15-8(14)12-5/h1-3H,4H2,(H5,9,10,11,13). The van der Waals surface area contributed by atoms with Crippen LogP contribution in [-0.4, -0.2) is 20.5 Å². The summed E-state index contributed by atoms with van der Waals surface area (Å²) in [6, 6.07) is 0. The number of fused-ring (bicyclic) bond motifs is 1. The highest BCUT2D eigenvalue weighted by atomic mass is 32.2. The first-order valence-electron chi connectivity index (χ1n) is 4.37. The summed E-state index contributed by atoms with van der Waals surface area (Å²) in [7, 11) is 0. The number of guanidine groups is 1. The van der Waals surface area contributed by atoms with Gasteiger partial charge < -0.3 is 11.5 Å². The van der Waals surface area contributed by atoms with E-state index in [2.05, 4.69) is 9.98 Å². The molecule has 0 spiro atoms. The maximum absolute atomic E-state index is 7.45. The third-order valence-corrected chi connectivity index (χ3v) is 3.31. The van der Waals surface area contributed by atoms with Crippen molar-refractivity contribution < 1.29 is 0 Å². The van der Waals surface area contributed by atoms with E-state index in [0.717, 1.165) is 10.7 Å². The summed E-state index contributed by atoms with van der Waals surface area (Å²) in [6.45, 7) is 0. The summed E-state index contributed by atoms with van der Waals surface area (Å²) in [5.74, 6) is 0.493. The SMILES string of the molecule is N=C(N=C(N)N)SCc1cn2ccsc2n1. The Labute approximate surface area is 99.9 Å². The van der Waals surface area contributed by atoms with E-state index in [1.807, 2.05) is 22.2 Å². The first-order chi connectivity index (χ1) is 7.65. The highest BCUT2D eigenvalue weighted by molar-refractivity contribution is 8.13. The molecule has 0 saturated heterocycles. The number of hydrogen-bond acceptors (Lipinski definition) is 4. The Bertz CT molecular complexity index is 507. The number of thiazole rings is 1. The molecule has 5 N–H and O–H groups in total. The van der Waals surface area contributed by atoms with Gasteiger partial charge in [0.2, 0.25) is 0 Å². The van der Waals surface area contributed by atoms with Crippen molar-refractivity contribution in [2.75, 3.05) is 0 Å². The number of thioether (sulfide) groups is 1. The number of hydrogen-bond donors (Lipinski definition) is 3. The molecule has 0 fully saturated rings. The summed E-state index contributed by atoms with van der Waals surface area (Å²) in [5, 5.41) is 9.52. The van der Waals surface area contributed by atoms with Gasteiger partial charge in [-0.3, -0.25) is 9.81 Å². The van der Waals surface area contributed by atoms with Gasteiger partial charge in [-0.25, -0.2) is 4.98 Å². The number of nitrogens with zero attached hydrogens (tertiary/aromatic N) is 3. The van der Waals surface area contributed by atoms with Crippen LogP contribution in [0.25, 0.3) is 4.96 Å². The van der Waals surface area contributed by atoms with Crippen LogP contribution in [0, 0.1) is 5.41 Å². The highest BCUT2D eigenvalue weighted by Gasteiger charge is 2.04. The molecule has 2 rings (SSSR count). The molecule has 0 bridgehead atoms. The molecule has 0 amide bonds. The minimum Gasteiger partial charge on any atom is -0.370 e. The maximum Gasteiger partial charge on any atom is 0.193 e. The quantitative estimate of drug-likeness (QED) is 0.545. The van der Waals surface area contributed by atoms with Crippen molar-refractivity contribution in [3.05, 3.63) is 23.5 Å². The van der Waals surface area contributed by atoms with Crippen molar-refractivity contribution in [1.29, 1.82) is 5.41 Å². The molecular formula is C8H10N6S2. The van der Waals surface area contributed by atoms with Gasteiger partial charge in [-0.15, -0.1) is 11.3 Å². The molecule has 2 aromatic heterocycles. The lowest BCUT2D eigenvalue weighted by Crippen LogP contribution is -2.23. The molecule has 0 aromatic carbocycles. The molecule has 0 atom stereocenters. The molecule has 0 saturated carbocycles. The molecule has 2 heterocycles. The van der Waals surface area contributed by atoms with E-state index in [4.69, 9.17) is 16.9 Å². The first-order valence-corrected chi connectivity index (χ1v) is 6.24. The van der Waals surface area contributed by atoms with Crippen molar-refractivity contribution in [3.63, 3.8) is 0 Å². The molecule has 0 aliphatic rings. The number of nitrogens with one attached hydrogen (secondary N) is 1. The maximum atomic E-state index is 7.45. The fourth-order valence-corrected chi connectivity index (χ4v) is 2.45. The Morgan fingerprint density at radius 2 is 2.44 bits per heavy atom. The lowest BCUT2D eigenvalue weighted by atomic mass is 10.6. The summed E-state index contributed by atoms with van der Waals surface area (Å²) in [6.07, 6.45) is 3.88. The Kier molecular flexibility index (Phi) is 3.11. The molecule has 8 heteroatoms. The topological polar surface area (TPSA) is 106 Å². The Morgan fingerprint density at radius 3 is 3.12 bits per heavy atom. The fraction of sp³-hybridized carbons (Fsp3) is 0.125. The summed E-state index contributed by atoms with van der Waals surface area (Å²) in [4.78, 5) is 8.95. The minimum absolute atomic E-state index is 0.0938. The number of aromatic nitrogens is 2. The molecule has 0 aliphatic heterocycles. The second kappa shape index (κ2) is 4.54. The van der Waals surface area contributed by atoms with Crippen molar-refractivity contribution in [2.24, 2.45) is 16.5 Å². The van der Waals surface area contributed by atoms with Gasteiger partial charge in [-0.1, -0.05) is 11.8 Å². The van der Waals surface area contributed by atoms with Gasteiger partial charge >= 0.3 is 0 Å². The van der Waals surface area contributed by atoms with E-state index in [-0.39, 0.29) is 11.1 Å². The molecule has 6 nitrogen and oxygen atoms in total. The third kappa shape index (κ3) is 2.52. The normalized spacial score (nSPS) is 10.5. The van der Waals surface area contributed by atoms with Gasteiger partial charge in [0.25, 0.3) is 0 Å². The summed E-state index contributed by atoms with van der Waals surface area (Å²) < 4.78 is 1.95. The van der Waals surface area contributed by atoms with Gasteiger partial charge in [0.05, 0.1) is 5.69 Å². The molecular weight excluding hydrogens is 244 g/mol. The van der Waals surface area contributed by atoms with Crippen molar-refractivity contribution in [2.45, 2.75) is 5.75 Å². The van der Waals surface area contributed by atoms with Gasteiger partial charge in [0, 0.05) is 23.5 Å². The van der Waals surface area contributed by atoms with E-state index >= 15 is 0 Å². The van der Waals surface area contributed by atoms with Crippen molar-refractivity contribution >= 4 is 39.2 Å². The Morgan fingerprint density at radius 1 is 1.62 bits per heavy atom. The molecule has 16 heavy (non-hydrogen) atoms. The number of imidazole rings is 1. The Hall–Kier alpha value is -1.54. The molecule has 2 aromatic rings. The molecule has 0 aliphatic carbocycles. The van der Waals surface area contributed by atoms with Crippen LogP contribution in [0.2, 0.25) is 0 Å². The van der Waals surface area contributed by atoms with Crippen LogP contribution in [0.1, 0.15) is 5.69 Å². The van der Waals surface area contributed by atoms with Gasteiger partial charge in [-0.05, 0) is 0 Å². The molecule has 0 radical (unpaired) electrons. The first kappa shape index (κ1) is 11.0. The van der Waals surface area contributed by atoms with Crippen LogP contribution in [0.4, 0.5) is 0 Å². The highest BCUT2D eigenvalue weighted by Crippen LogP contribution is 2.16. The third-order valence-electron chi connectivity index (χ3n) is 1.73. The van der Waals surface area contributed by atoms with Crippen LogP contribution in [-0.2, 0) is 5.75 Å². The smallest absolute Gasteiger partial charge is 0.193 e. The fourth-order valence-electron chi connectivity index (χ4n) is 1.14. The predicted molar refractivity (Wildman–Crippen MR) is 67.9 cm³/mol. The van der Waals surface area contributed by atoms with Gasteiger partial charge in [-0.2, -0.15) is 4.99 Å². The van der Waals surface area contributed by atoms with E-state index < -0.39 is 0 Å². The van der Waals surface area contributed by atoms with Crippen LogP contribution in [0.3, 0.4) is 0 Å². The zero-order chi connectivity index (χ0) is 11.5. The average molecular weight is 254 g/mol. The van der Waals surface area contributed by atoms with Crippen molar-refractivity contribution in [3.8, 4) is 0 Å². The van der Waals surface area contributed by atoms with Crippen LogP contribution < -0.4 is 11.5 Å². The van der Waals surface area contributed by atoms with Gasteiger partial charge in [0.1, 0.15) is 0 Å². The lowest BCUT2D eigenvalue weighted by Gasteiger charge is -1.95. The summed E-state index contributed by atoms with van der Waals surface area (Å²) in [5.41, 5.74) is 11.2. The zero-order valence-electron chi connectivity index (χ0n) is 8.25. The molecule has 84 valence electrons. The van der Waals surface area contributed by atoms with Crippen LogP contribution >= 0.6 is 23.1 Å². The van der Waals surface area contributed by atoms with Crippen LogP contribution in [0.5, 0.6) is 0 Å². The number of aliphatic imine (C=N–C) groups is 1. The van der Waals surface area contributed by atoms with E-state index in [9.17, 15) is 0 Å². The average Bonchev–Trinajstić information content (AvgIpc) is 2.72. The predicted octanol–water partition coefficient (Wildman–Crippen LogP) is 0.837. The monoisotopic (exact) mass is 254 g/mol. The number of rotatable bonds is 2. The largest absolute Gasteiger partial charge is 0.370 e. The van der Waals surface area contributed by atoms with Gasteiger partial charge in [0.15, 0.2) is 16.1 Å². The van der Waals surface area contributed by atoms with Crippen LogP contribution in [0.15, 0.2) is 22.8 Å². The van der Waals surface area contributed by atoms with E-state index in [0.29, 0.717) is 5.75 Å². The van der Waals surface area contributed by atoms with E-state index in [1.54, 1.807) is 11.3 Å². The Balaban J connectivity index is 1.98.